The zero-order valence-electron chi connectivity index (χ0n) is 12.3. The molecule has 3 nitrogen and oxygen atoms in total. The van der Waals surface area contributed by atoms with Gasteiger partial charge in [-0.25, -0.2) is 0 Å². The molecular formula is C17H19NO2S. The number of nitrogens with zero attached hydrogens (tertiary/aromatic N) is 1. The molecule has 1 aromatic carbocycles. The third kappa shape index (κ3) is 2.91. The molecule has 1 aliphatic rings. The lowest BCUT2D eigenvalue weighted by molar-refractivity contribution is 0.103. The van der Waals surface area contributed by atoms with Crippen LogP contribution in [0.1, 0.15) is 65.1 Å². The van der Waals surface area contributed by atoms with E-state index in [0.717, 1.165) is 35.5 Å². The molecule has 1 aromatic heterocycles. The Morgan fingerprint density at radius 2 is 2.14 bits per heavy atom. The van der Waals surface area contributed by atoms with E-state index in [1.54, 1.807) is 6.20 Å². The van der Waals surface area contributed by atoms with Crippen LogP contribution >= 0.6 is 11.8 Å². The number of carbonyl (C=O) groups excluding carboxylic acids is 1. The predicted octanol–water partition coefficient (Wildman–Crippen LogP) is 4.60. The summed E-state index contributed by atoms with van der Waals surface area (Å²) in [4.78, 5) is 12.9. The minimum absolute atomic E-state index is 0.0392. The molecule has 0 radical (unpaired) electrons. The van der Waals surface area contributed by atoms with Gasteiger partial charge in [-0.3, -0.25) is 4.79 Å². The van der Waals surface area contributed by atoms with Gasteiger partial charge in [0.2, 0.25) is 0 Å². The lowest BCUT2D eigenvalue weighted by atomic mass is 9.96. The fourth-order valence-electron chi connectivity index (χ4n) is 2.60. The maximum atomic E-state index is 12.9. The highest BCUT2D eigenvalue weighted by Crippen LogP contribution is 2.42. The Hall–Kier alpha value is -1.55. The van der Waals surface area contributed by atoms with Gasteiger partial charge in [0, 0.05) is 16.7 Å². The van der Waals surface area contributed by atoms with Crippen molar-refractivity contribution in [3.05, 3.63) is 52.9 Å². The zero-order valence-corrected chi connectivity index (χ0v) is 13.2. The van der Waals surface area contributed by atoms with Gasteiger partial charge < -0.3 is 4.52 Å². The van der Waals surface area contributed by atoms with E-state index in [1.165, 1.54) is 0 Å². The molecule has 1 atom stereocenters. The Morgan fingerprint density at radius 1 is 1.38 bits per heavy atom. The third-order valence-electron chi connectivity index (χ3n) is 3.85. The van der Waals surface area contributed by atoms with Crippen molar-refractivity contribution in [2.45, 2.75) is 37.9 Å². The van der Waals surface area contributed by atoms with Crippen LogP contribution in [0.15, 0.2) is 35.0 Å². The number of ketones is 1. The van der Waals surface area contributed by atoms with E-state index in [2.05, 4.69) is 19.0 Å². The van der Waals surface area contributed by atoms with Gasteiger partial charge in [0.25, 0.3) is 0 Å². The minimum Gasteiger partial charge on any atom is -0.360 e. The van der Waals surface area contributed by atoms with Crippen molar-refractivity contribution in [3.8, 4) is 0 Å². The van der Waals surface area contributed by atoms with Crippen LogP contribution in [0.3, 0.4) is 0 Å². The summed E-state index contributed by atoms with van der Waals surface area (Å²) in [5, 5.41) is 4.14. The summed E-state index contributed by atoms with van der Waals surface area (Å²) in [6, 6.07) is 7.87. The highest BCUT2D eigenvalue weighted by Gasteiger charge is 2.33. The van der Waals surface area contributed by atoms with Gasteiger partial charge >= 0.3 is 0 Å². The molecule has 21 heavy (non-hydrogen) atoms. The number of thioether (sulfide) groups is 1. The Morgan fingerprint density at radius 3 is 2.86 bits per heavy atom. The smallest absolute Gasteiger partial charge is 0.198 e. The Balaban J connectivity index is 1.96. The first kappa shape index (κ1) is 14.4. The maximum absolute atomic E-state index is 12.9. The van der Waals surface area contributed by atoms with Crippen LogP contribution in [-0.2, 0) is 0 Å². The number of benzene rings is 1. The van der Waals surface area contributed by atoms with Gasteiger partial charge in [-0.1, -0.05) is 36.3 Å². The molecule has 0 amide bonds. The average molecular weight is 301 g/mol. The molecule has 4 heteroatoms. The number of hydrogen-bond donors (Lipinski definition) is 0. The van der Waals surface area contributed by atoms with Crippen LogP contribution < -0.4 is 0 Å². The Kier molecular flexibility index (Phi) is 4.15. The molecule has 2 aromatic rings. The van der Waals surface area contributed by atoms with Gasteiger partial charge in [-0.15, -0.1) is 0 Å². The molecule has 0 spiro atoms. The van der Waals surface area contributed by atoms with Crippen LogP contribution in [0.2, 0.25) is 0 Å². The third-order valence-corrected chi connectivity index (χ3v) is 4.94. The van der Waals surface area contributed by atoms with E-state index in [1.807, 2.05) is 36.0 Å². The first-order chi connectivity index (χ1) is 10.2. The van der Waals surface area contributed by atoms with Crippen LogP contribution in [0.5, 0.6) is 0 Å². The molecule has 1 heterocycles. The number of hydrogen-bond acceptors (Lipinski definition) is 4. The van der Waals surface area contributed by atoms with Crippen molar-refractivity contribution in [1.82, 2.24) is 5.16 Å². The van der Waals surface area contributed by atoms with Gasteiger partial charge in [0.15, 0.2) is 11.5 Å². The van der Waals surface area contributed by atoms with Gasteiger partial charge in [-0.05, 0) is 31.1 Å². The second kappa shape index (κ2) is 6.06. The fourth-order valence-corrected chi connectivity index (χ4v) is 3.49. The molecule has 1 aliphatic carbocycles. The number of aromatic nitrogens is 1. The lowest BCUT2D eigenvalue weighted by Gasteiger charge is -2.14. The van der Waals surface area contributed by atoms with Crippen molar-refractivity contribution in [2.24, 2.45) is 0 Å². The normalized spacial score (nSPS) is 15.9. The van der Waals surface area contributed by atoms with Crippen LogP contribution in [0.4, 0.5) is 0 Å². The summed E-state index contributed by atoms with van der Waals surface area (Å²) in [5.41, 5.74) is 2.51. The van der Waals surface area contributed by atoms with Crippen molar-refractivity contribution in [2.75, 3.05) is 5.75 Å². The Bertz CT molecular complexity index is 646. The second-order valence-electron chi connectivity index (χ2n) is 5.39. The summed E-state index contributed by atoms with van der Waals surface area (Å²) in [5.74, 6) is 2.23. The van der Waals surface area contributed by atoms with E-state index in [4.69, 9.17) is 4.52 Å². The van der Waals surface area contributed by atoms with E-state index in [-0.39, 0.29) is 5.78 Å². The molecule has 0 bridgehead atoms. The predicted molar refractivity (Wildman–Crippen MR) is 84.9 cm³/mol. The molecular weight excluding hydrogens is 282 g/mol. The fraction of sp³-hybridized carbons (Fsp3) is 0.412. The largest absolute Gasteiger partial charge is 0.360 e. The van der Waals surface area contributed by atoms with E-state index < -0.39 is 0 Å². The van der Waals surface area contributed by atoms with Gasteiger partial charge in [-0.2, -0.15) is 11.8 Å². The van der Waals surface area contributed by atoms with E-state index >= 15 is 0 Å². The van der Waals surface area contributed by atoms with Crippen LogP contribution in [0.25, 0.3) is 0 Å². The molecule has 110 valence electrons. The molecule has 3 rings (SSSR count). The Labute approximate surface area is 129 Å². The zero-order chi connectivity index (χ0) is 14.8. The van der Waals surface area contributed by atoms with Crippen LogP contribution in [0, 0.1) is 0 Å². The van der Waals surface area contributed by atoms with Gasteiger partial charge in [0.1, 0.15) is 0 Å². The summed E-state index contributed by atoms with van der Waals surface area (Å²) in [6.45, 7) is 4.28. The standard InChI is InChI=1S/C17H19NO2S/c1-3-21-11(2)13-6-4-5-7-14(13)16(19)15-10-18-20-17(15)12-8-9-12/h4-7,10-12H,3,8-9H2,1-2H3. The summed E-state index contributed by atoms with van der Waals surface area (Å²) in [7, 11) is 0. The lowest BCUT2D eigenvalue weighted by Crippen LogP contribution is -2.07. The van der Waals surface area contributed by atoms with Crippen molar-refractivity contribution < 1.29 is 9.32 Å². The quantitative estimate of drug-likeness (QED) is 0.731. The van der Waals surface area contributed by atoms with Crippen molar-refractivity contribution in [3.63, 3.8) is 0 Å². The van der Waals surface area contributed by atoms with Crippen molar-refractivity contribution >= 4 is 17.5 Å². The van der Waals surface area contributed by atoms with E-state index in [0.29, 0.717) is 16.7 Å². The highest BCUT2D eigenvalue weighted by molar-refractivity contribution is 7.99. The topological polar surface area (TPSA) is 43.1 Å². The maximum Gasteiger partial charge on any atom is 0.198 e. The van der Waals surface area contributed by atoms with E-state index in [9.17, 15) is 4.79 Å². The molecule has 0 aliphatic heterocycles. The summed E-state index contributed by atoms with van der Waals surface area (Å²) < 4.78 is 5.30. The van der Waals surface area contributed by atoms with Crippen LogP contribution in [-0.4, -0.2) is 16.7 Å². The average Bonchev–Trinajstić information content (AvgIpc) is 3.24. The first-order valence-electron chi connectivity index (χ1n) is 7.42. The highest BCUT2D eigenvalue weighted by atomic mass is 32.2. The van der Waals surface area contributed by atoms with Crippen molar-refractivity contribution in [1.29, 1.82) is 0 Å². The van der Waals surface area contributed by atoms with Gasteiger partial charge in [0.05, 0.1) is 11.8 Å². The monoisotopic (exact) mass is 301 g/mol. The SMILES string of the molecule is CCSC(C)c1ccccc1C(=O)c1cnoc1C1CC1. The molecule has 1 unspecified atom stereocenters. The first-order valence-corrected chi connectivity index (χ1v) is 8.47. The summed E-state index contributed by atoms with van der Waals surface area (Å²) >= 11 is 1.84. The molecule has 1 fully saturated rings. The number of rotatable bonds is 6. The number of carbonyl (C=O) groups is 1. The second-order valence-corrected chi connectivity index (χ2v) is 7.01. The minimum atomic E-state index is 0.0392. The molecule has 0 saturated heterocycles. The summed E-state index contributed by atoms with van der Waals surface area (Å²) in [6.07, 6.45) is 3.77. The molecule has 0 N–H and O–H groups in total. The molecule has 1 saturated carbocycles.